The maximum absolute atomic E-state index is 13.2. The van der Waals surface area contributed by atoms with Crippen LogP contribution in [0.25, 0.3) is 10.9 Å². The van der Waals surface area contributed by atoms with E-state index in [1.807, 2.05) is 91.1 Å². The first-order chi connectivity index (χ1) is 19.0. The summed E-state index contributed by atoms with van der Waals surface area (Å²) in [6.45, 7) is 2.29. The van der Waals surface area contributed by atoms with E-state index < -0.39 is 6.29 Å². The molecule has 39 heavy (non-hydrogen) atoms. The summed E-state index contributed by atoms with van der Waals surface area (Å²) < 4.78 is 13.8. The van der Waals surface area contributed by atoms with Gasteiger partial charge >= 0.3 is 0 Å². The topological polar surface area (TPSA) is 89.8 Å². The Morgan fingerprint density at radius 3 is 2.44 bits per heavy atom. The zero-order valence-corrected chi connectivity index (χ0v) is 21.9. The lowest BCUT2D eigenvalue weighted by Gasteiger charge is -2.29. The number of ether oxygens (including phenoxy) is 2. The van der Waals surface area contributed by atoms with Gasteiger partial charge in [-0.25, -0.2) is 0 Å². The van der Waals surface area contributed by atoms with Gasteiger partial charge in [0.25, 0.3) is 5.91 Å². The molecule has 0 saturated heterocycles. The van der Waals surface area contributed by atoms with Gasteiger partial charge in [0.1, 0.15) is 0 Å². The van der Waals surface area contributed by atoms with Gasteiger partial charge < -0.3 is 19.9 Å². The number of aliphatic hydroxyl groups is 1. The largest absolute Gasteiger partial charge is 0.459 e. The minimum atomic E-state index is -0.660. The van der Waals surface area contributed by atoms with Crippen molar-refractivity contribution < 1.29 is 24.2 Å². The first-order valence-electron chi connectivity index (χ1n) is 13.1. The van der Waals surface area contributed by atoms with Crippen molar-refractivity contribution in [3.05, 3.63) is 119 Å². The van der Waals surface area contributed by atoms with Crippen LogP contribution in [-0.2, 0) is 33.9 Å². The van der Waals surface area contributed by atoms with Crippen LogP contribution in [0.4, 0.5) is 0 Å². The number of fused-ring (bicyclic) bond motifs is 1. The van der Waals surface area contributed by atoms with Crippen LogP contribution in [-0.4, -0.2) is 34.3 Å². The molecule has 0 unspecified atom stereocenters. The molecule has 2 atom stereocenters. The van der Waals surface area contributed by atoms with Gasteiger partial charge in [-0.05, 0) is 40.8 Å². The van der Waals surface area contributed by atoms with Gasteiger partial charge in [-0.3, -0.25) is 14.2 Å². The second-order valence-electron chi connectivity index (χ2n) is 9.69. The number of hydrogen-bond acceptors (Lipinski definition) is 5. The average Bonchev–Trinajstić information content (AvgIpc) is 3.37. The van der Waals surface area contributed by atoms with Crippen molar-refractivity contribution in [2.24, 2.45) is 0 Å². The Labute approximate surface area is 227 Å². The maximum atomic E-state index is 13.2. The third-order valence-corrected chi connectivity index (χ3v) is 6.95. The fourth-order valence-corrected chi connectivity index (χ4v) is 4.88. The van der Waals surface area contributed by atoms with Crippen molar-refractivity contribution in [1.82, 2.24) is 9.88 Å². The third-order valence-electron chi connectivity index (χ3n) is 6.95. The number of para-hydroxylation sites is 1. The Morgan fingerprint density at radius 1 is 0.974 bits per heavy atom. The lowest BCUT2D eigenvalue weighted by Crippen LogP contribution is -2.33. The summed E-state index contributed by atoms with van der Waals surface area (Å²) in [6.07, 6.45) is 4.22. The van der Waals surface area contributed by atoms with Crippen LogP contribution < -0.4 is 5.32 Å². The van der Waals surface area contributed by atoms with Gasteiger partial charge in [0, 0.05) is 37.4 Å². The zero-order chi connectivity index (χ0) is 27.2. The quantitative estimate of drug-likeness (QED) is 0.319. The lowest BCUT2D eigenvalue weighted by atomic mass is 9.92. The zero-order valence-electron chi connectivity index (χ0n) is 21.9. The van der Waals surface area contributed by atoms with E-state index in [1.165, 1.54) is 6.92 Å². The number of nitrogens with zero attached hydrogens (tertiary/aromatic N) is 1. The lowest BCUT2D eigenvalue weighted by molar-refractivity contribution is -0.150. The Morgan fingerprint density at radius 2 is 1.69 bits per heavy atom. The van der Waals surface area contributed by atoms with Crippen LogP contribution in [0, 0.1) is 0 Å². The first-order valence-corrected chi connectivity index (χ1v) is 13.1. The second-order valence-corrected chi connectivity index (χ2v) is 9.69. The van der Waals surface area contributed by atoms with Gasteiger partial charge in [-0.2, -0.15) is 0 Å². The van der Waals surface area contributed by atoms with E-state index in [0.29, 0.717) is 26.0 Å². The van der Waals surface area contributed by atoms with E-state index in [4.69, 9.17) is 9.47 Å². The van der Waals surface area contributed by atoms with Crippen LogP contribution in [0.3, 0.4) is 0 Å². The molecule has 0 saturated carbocycles. The molecule has 0 aliphatic carbocycles. The molecular formula is C32H32N2O5. The first kappa shape index (κ1) is 26.4. The number of amides is 1. The molecule has 3 aromatic carbocycles. The fraction of sp³-hybridized carbons (Fsp3) is 0.250. The molecule has 2 N–H and O–H groups in total. The number of nitrogens with one attached hydrogen (secondary N) is 1. The normalized spacial score (nSPS) is 16.9. The number of carbonyl (C=O) groups is 2. The average molecular weight is 525 g/mol. The van der Waals surface area contributed by atoms with E-state index in [1.54, 1.807) is 4.57 Å². The third kappa shape index (κ3) is 6.28. The van der Waals surface area contributed by atoms with Crippen molar-refractivity contribution in [1.29, 1.82) is 0 Å². The molecule has 1 aliphatic rings. The maximum Gasteiger partial charge on any atom is 0.286 e. The van der Waals surface area contributed by atoms with E-state index in [2.05, 4.69) is 5.32 Å². The smallest absolute Gasteiger partial charge is 0.286 e. The highest BCUT2D eigenvalue weighted by molar-refractivity contribution is 5.95. The second kappa shape index (κ2) is 12.1. The summed E-state index contributed by atoms with van der Waals surface area (Å²) in [5, 5.41) is 13.2. The highest BCUT2D eigenvalue weighted by atomic mass is 16.7. The van der Waals surface area contributed by atoms with Gasteiger partial charge in [0.2, 0.25) is 12.2 Å². The minimum absolute atomic E-state index is 0.0179. The molecule has 1 amide bonds. The summed E-state index contributed by atoms with van der Waals surface area (Å²) in [6, 6.07) is 25.3. The van der Waals surface area contributed by atoms with E-state index >= 15 is 0 Å². The summed E-state index contributed by atoms with van der Waals surface area (Å²) in [7, 11) is 0. The predicted octanol–water partition coefficient (Wildman–Crippen LogP) is 5.08. The highest BCUT2D eigenvalue weighted by Gasteiger charge is 2.30. The Balaban J connectivity index is 1.37. The molecule has 0 bridgehead atoms. The number of carbonyl (C=O) groups excluding carboxylic acids is 2. The number of hydrogen-bond donors (Lipinski definition) is 2. The van der Waals surface area contributed by atoms with Crippen molar-refractivity contribution in [2.75, 3.05) is 6.54 Å². The van der Waals surface area contributed by atoms with Crippen LogP contribution in [0.2, 0.25) is 0 Å². The molecule has 4 aromatic rings. The molecule has 7 nitrogen and oxygen atoms in total. The van der Waals surface area contributed by atoms with E-state index in [9.17, 15) is 14.7 Å². The monoisotopic (exact) mass is 524 g/mol. The number of aromatic nitrogens is 1. The number of benzene rings is 3. The summed E-state index contributed by atoms with van der Waals surface area (Å²) in [4.78, 5) is 25.5. The van der Waals surface area contributed by atoms with Gasteiger partial charge in [0.15, 0.2) is 5.76 Å². The standard InChI is InChI=1S/C32H32N2O5/c1-22(36)34-19-28(27-9-5-6-10-29(27)34)26-17-30(32(37)33-16-15-23-7-3-2-4-8-23)39-31(18-26)38-21-25-13-11-24(20-35)12-14-25/h2-14,17,19,26,31,35H,15-16,18,20-21H2,1H3,(H,33,37)/t26-,31+/m1/s1. The van der Waals surface area contributed by atoms with Crippen LogP contribution in [0.15, 0.2) is 96.9 Å². The SMILES string of the molecule is CC(=O)n1cc([C@@H]2C=C(C(=O)NCCc3ccccc3)O[C@H](OCc3ccc(CO)cc3)C2)c2ccccc21. The Kier molecular flexibility index (Phi) is 8.20. The number of aliphatic hydroxyl groups excluding tert-OH is 1. The molecule has 200 valence electrons. The van der Waals surface area contributed by atoms with Crippen LogP contribution >= 0.6 is 0 Å². The molecule has 0 fully saturated rings. The Bertz CT molecular complexity index is 1470. The molecule has 0 radical (unpaired) electrons. The predicted molar refractivity (Wildman–Crippen MR) is 149 cm³/mol. The van der Waals surface area contributed by atoms with Gasteiger partial charge in [-0.15, -0.1) is 0 Å². The van der Waals surface area contributed by atoms with E-state index in [-0.39, 0.29) is 30.1 Å². The van der Waals surface area contributed by atoms with Crippen molar-refractivity contribution in [3.63, 3.8) is 0 Å². The highest BCUT2D eigenvalue weighted by Crippen LogP contribution is 2.36. The van der Waals surface area contributed by atoms with Crippen molar-refractivity contribution in [2.45, 2.75) is 45.2 Å². The number of allylic oxidation sites excluding steroid dienone is 1. The summed E-state index contributed by atoms with van der Waals surface area (Å²) in [5.41, 5.74) is 4.67. The van der Waals surface area contributed by atoms with Crippen molar-refractivity contribution in [3.8, 4) is 0 Å². The summed E-state index contributed by atoms with van der Waals surface area (Å²) in [5.74, 6) is -0.362. The fourth-order valence-electron chi connectivity index (χ4n) is 4.88. The molecule has 1 aliphatic heterocycles. The number of rotatable bonds is 9. The van der Waals surface area contributed by atoms with Crippen molar-refractivity contribution >= 4 is 22.7 Å². The van der Waals surface area contributed by atoms with Gasteiger partial charge in [0.05, 0.1) is 18.7 Å². The molecule has 5 rings (SSSR count). The molecule has 2 heterocycles. The van der Waals surface area contributed by atoms with E-state index in [0.717, 1.165) is 33.2 Å². The van der Waals surface area contributed by atoms with Crippen LogP contribution in [0.1, 0.15) is 46.3 Å². The molecule has 0 spiro atoms. The molecule has 7 heteroatoms. The van der Waals surface area contributed by atoms with Gasteiger partial charge in [-0.1, -0.05) is 72.8 Å². The molecule has 1 aromatic heterocycles. The summed E-state index contributed by atoms with van der Waals surface area (Å²) >= 11 is 0. The minimum Gasteiger partial charge on any atom is -0.459 e. The Hall–Kier alpha value is -4.20. The van der Waals surface area contributed by atoms with Crippen LogP contribution in [0.5, 0.6) is 0 Å². The molecular weight excluding hydrogens is 492 g/mol.